The minimum atomic E-state index is -4.33. The molecule has 0 amide bonds. The van der Waals surface area contributed by atoms with Crippen LogP contribution in [0.4, 0.5) is 13.2 Å². The summed E-state index contributed by atoms with van der Waals surface area (Å²) >= 11 is 0. The lowest BCUT2D eigenvalue weighted by molar-refractivity contribution is -0.145. The first-order valence-electron chi connectivity index (χ1n) is 7.92. The Morgan fingerprint density at radius 2 is 1.76 bits per heavy atom. The number of alkyl halides is 3. The average Bonchev–Trinajstić information content (AvgIpc) is 3.19. The maximum absolute atomic E-state index is 13.5. The van der Waals surface area contributed by atoms with Crippen molar-refractivity contribution in [1.29, 1.82) is 0 Å². The summed E-state index contributed by atoms with van der Waals surface area (Å²) in [4.78, 5) is 0. The van der Waals surface area contributed by atoms with Crippen LogP contribution in [0, 0.1) is 0 Å². The maximum Gasteiger partial charge on any atom is 0.433 e. The van der Waals surface area contributed by atoms with Crippen LogP contribution in [-0.2, 0) is 12.7 Å². The molecule has 1 aromatic rings. The molecule has 3 rings (SSSR count). The Bertz CT molecular complexity index is 469. The molecule has 0 spiro atoms. The summed E-state index contributed by atoms with van der Waals surface area (Å²) in [6, 6.07) is 0.297. The zero-order valence-corrected chi connectivity index (χ0v) is 12.1. The Kier molecular flexibility index (Phi) is 4.24. The van der Waals surface area contributed by atoms with Gasteiger partial charge in [-0.3, -0.25) is 4.68 Å². The van der Waals surface area contributed by atoms with E-state index in [1.54, 1.807) is 0 Å². The van der Waals surface area contributed by atoms with Crippen molar-refractivity contribution < 1.29 is 13.2 Å². The lowest BCUT2D eigenvalue weighted by Crippen LogP contribution is -2.23. The minimum Gasteiger partial charge on any atom is -0.310 e. The monoisotopic (exact) mass is 301 g/mol. The molecule has 2 fully saturated rings. The fourth-order valence-corrected chi connectivity index (χ4v) is 3.16. The number of halogens is 3. The van der Waals surface area contributed by atoms with Crippen LogP contribution in [0.1, 0.15) is 68.7 Å². The second-order valence-electron chi connectivity index (χ2n) is 6.26. The first-order chi connectivity index (χ1) is 10.1. The normalized spacial score (nSPS) is 21.5. The Morgan fingerprint density at radius 1 is 1.10 bits per heavy atom. The fourth-order valence-electron chi connectivity index (χ4n) is 3.16. The number of rotatable bonds is 4. The third-order valence-corrected chi connectivity index (χ3v) is 4.47. The van der Waals surface area contributed by atoms with Crippen LogP contribution < -0.4 is 5.32 Å². The molecule has 1 heterocycles. The molecule has 0 bridgehead atoms. The van der Waals surface area contributed by atoms with Gasteiger partial charge in [-0.05, 0) is 25.7 Å². The Balaban J connectivity index is 1.83. The van der Waals surface area contributed by atoms with E-state index in [0.717, 1.165) is 51.4 Å². The van der Waals surface area contributed by atoms with Gasteiger partial charge in [0.15, 0.2) is 0 Å². The number of hydrogen-bond acceptors (Lipinski definition) is 2. The van der Waals surface area contributed by atoms with E-state index in [9.17, 15) is 13.2 Å². The van der Waals surface area contributed by atoms with E-state index in [-0.39, 0.29) is 12.6 Å². The van der Waals surface area contributed by atoms with Gasteiger partial charge in [-0.15, -0.1) is 0 Å². The van der Waals surface area contributed by atoms with E-state index >= 15 is 0 Å². The molecule has 0 atom stereocenters. The van der Waals surface area contributed by atoms with E-state index in [2.05, 4.69) is 10.4 Å². The van der Waals surface area contributed by atoms with E-state index in [1.165, 1.54) is 10.9 Å². The van der Waals surface area contributed by atoms with Crippen molar-refractivity contribution in [1.82, 2.24) is 15.1 Å². The van der Waals surface area contributed by atoms with Crippen LogP contribution >= 0.6 is 0 Å². The van der Waals surface area contributed by atoms with Gasteiger partial charge in [0.25, 0.3) is 0 Å². The van der Waals surface area contributed by atoms with Gasteiger partial charge in [0.1, 0.15) is 5.69 Å². The molecule has 6 heteroatoms. The van der Waals surface area contributed by atoms with Gasteiger partial charge in [0.2, 0.25) is 0 Å². The molecule has 118 valence electrons. The van der Waals surface area contributed by atoms with Crippen molar-refractivity contribution in [3.05, 3.63) is 17.5 Å². The second kappa shape index (κ2) is 5.99. The summed E-state index contributed by atoms with van der Waals surface area (Å²) in [5.74, 6) is 0. The predicted octanol–water partition coefficient (Wildman–Crippen LogP) is 4.05. The number of aromatic nitrogens is 2. The Labute approximate surface area is 122 Å². The van der Waals surface area contributed by atoms with Crippen molar-refractivity contribution in [3.8, 4) is 0 Å². The standard InChI is InChI=1S/C15H22F3N3/c16-15(17,18)14-11(9-19-12-7-8-12)10-20-21(14)13-5-3-1-2-4-6-13/h10,12-13,19H,1-9H2. The van der Waals surface area contributed by atoms with Gasteiger partial charge >= 0.3 is 6.18 Å². The quantitative estimate of drug-likeness (QED) is 0.850. The van der Waals surface area contributed by atoms with Gasteiger partial charge in [-0.2, -0.15) is 18.3 Å². The molecule has 1 aromatic heterocycles. The second-order valence-corrected chi connectivity index (χ2v) is 6.26. The lowest BCUT2D eigenvalue weighted by Gasteiger charge is -2.20. The van der Waals surface area contributed by atoms with E-state index < -0.39 is 11.9 Å². The molecule has 2 aliphatic carbocycles. The number of nitrogens with one attached hydrogen (secondary N) is 1. The SMILES string of the molecule is FC(F)(F)c1c(CNC2CC2)cnn1C1CCCCCC1. The molecule has 2 aliphatic rings. The van der Waals surface area contributed by atoms with E-state index in [1.807, 2.05) is 0 Å². The first kappa shape index (κ1) is 14.9. The van der Waals surface area contributed by atoms with Gasteiger partial charge in [0.05, 0.1) is 12.2 Å². The van der Waals surface area contributed by atoms with Crippen LogP contribution in [-0.4, -0.2) is 15.8 Å². The van der Waals surface area contributed by atoms with Gasteiger partial charge in [0, 0.05) is 18.2 Å². The summed E-state index contributed by atoms with van der Waals surface area (Å²) in [5, 5.41) is 7.26. The third kappa shape index (κ3) is 3.59. The molecule has 1 N–H and O–H groups in total. The number of hydrogen-bond donors (Lipinski definition) is 1. The highest BCUT2D eigenvalue weighted by molar-refractivity contribution is 5.22. The van der Waals surface area contributed by atoms with Crippen molar-refractivity contribution >= 4 is 0 Å². The van der Waals surface area contributed by atoms with E-state index in [4.69, 9.17) is 0 Å². The minimum absolute atomic E-state index is 0.0983. The molecule has 0 aliphatic heterocycles. The van der Waals surface area contributed by atoms with E-state index in [0.29, 0.717) is 11.6 Å². The van der Waals surface area contributed by atoms with Crippen LogP contribution in [0.5, 0.6) is 0 Å². The molecule has 21 heavy (non-hydrogen) atoms. The smallest absolute Gasteiger partial charge is 0.310 e. The zero-order valence-electron chi connectivity index (χ0n) is 12.1. The summed E-state index contributed by atoms with van der Waals surface area (Å²) in [6.07, 6.45) is 5.06. The summed E-state index contributed by atoms with van der Waals surface area (Å²) in [5.41, 5.74) is -0.249. The van der Waals surface area contributed by atoms with Crippen molar-refractivity contribution in [2.24, 2.45) is 0 Å². The average molecular weight is 301 g/mol. The fraction of sp³-hybridized carbons (Fsp3) is 0.800. The lowest BCUT2D eigenvalue weighted by atomic mass is 10.1. The molecular formula is C15H22F3N3. The van der Waals surface area contributed by atoms with Crippen molar-refractivity contribution in [2.45, 2.75) is 76.2 Å². The molecular weight excluding hydrogens is 279 g/mol. The summed E-state index contributed by atoms with van der Waals surface area (Å²) in [7, 11) is 0. The van der Waals surface area contributed by atoms with Crippen molar-refractivity contribution in [3.63, 3.8) is 0 Å². The van der Waals surface area contributed by atoms with Crippen LogP contribution in [0.2, 0.25) is 0 Å². The third-order valence-electron chi connectivity index (χ3n) is 4.47. The highest BCUT2D eigenvalue weighted by Crippen LogP contribution is 2.37. The largest absolute Gasteiger partial charge is 0.433 e. The van der Waals surface area contributed by atoms with Gasteiger partial charge in [-0.25, -0.2) is 0 Å². The molecule has 3 nitrogen and oxygen atoms in total. The van der Waals surface area contributed by atoms with Crippen LogP contribution in [0.3, 0.4) is 0 Å². The van der Waals surface area contributed by atoms with Gasteiger partial charge < -0.3 is 5.32 Å². The molecule has 0 unspecified atom stereocenters. The highest BCUT2D eigenvalue weighted by Gasteiger charge is 2.39. The Hall–Kier alpha value is -1.04. The topological polar surface area (TPSA) is 29.9 Å². The predicted molar refractivity (Wildman–Crippen MR) is 73.8 cm³/mol. The first-order valence-corrected chi connectivity index (χ1v) is 7.92. The summed E-state index contributed by atoms with van der Waals surface area (Å²) < 4.78 is 41.6. The maximum atomic E-state index is 13.5. The summed E-state index contributed by atoms with van der Waals surface area (Å²) in [6.45, 7) is 0.270. The molecule has 0 saturated heterocycles. The highest BCUT2D eigenvalue weighted by atomic mass is 19.4. The zero-order chi connectivity index (χ0) is 14.9. The Morgan fingerprint density at radius 3 is 2.33 bits per heavy atom. The molecule has 2 saturated carbocycles. The number of nitrogens with zero attached hydrogens (tertiary/aromatic N) is 2. The molecule has 0 aromatic carbocycles. The van der Waals surface area contributed by atoms with Crippen LogP contribution in [0.25, 0.3) is 0 Å². The van der Waals surface area contributed by atoms with Crippen molar-refractivity contribution in [2.75, 3.05) is 0 Å². The van der Waals surface area contributed by atoms with Crippen LogP contribution in [0.15, 0.2) is 6.20 Å². The van der Waals surface area contributed by atoms with Gasteiger partial charge in [-0.1, -0.05) is 25.7 Å². The molecule has 0 radical (unpaired) electrons.